The summed E-state index contributed by atoms with van der Waals surface area (Å²) in [6.07, 6.45) is 3.40. The number of rotatable bonds is 4. The molecule has 1 saturated heterocycles. The fourth-order valence-electron chi connectivity index (χ4n) is 1.88. The highest BCUT2D eigenvalue weighted by Crippen LogP contribution is 2.06. The van der Waals surface area contributed by atoms with Gasteiger partial charge < -0.3 is 21.5 Å². The number of β-amino-alcohol motifs (C(OH)–C–C–N with tert-alkyl or cyclic N) is 1. The monoisotopic (exact) mass is 240 g/mol. The highest BCUT2D eigenvalue weighted by molar-refractivity contribution is 5.12. The molecule has 0 aromatic rings. The number of piperazine rings is 1. The van der Waals surface area contributed by atoms with Crippen molar-refractivity contribution >= 4 is 0 Å². The molecule has 1 aliphatic heterocycles. The molecule has 0 saturated carbocycles. The van der Waals surface area contributed by atoms with Crippen molar-refractivity contribution in [3.05, 3.63) is 23.7 Å². The summed E-state index contributed by atoms with van der Waals surface area (Å²) in [6.45, 7) is 8.05. The van der Waals surface area contributed by atoms with E-state index in [4.69, 9.17) is 11.5 Å². The van der Waals surface area contributed by atoms with Crippen LogP contribution >= 0.6 is 0 Å². The first-order valence-corrected chi connectivity index (χ1v) is 6.04. The summed E-state index contributed by atoms with van der Waals surface area (Å²) in [4.78, 5) is 4.39. The number of aliphatic hydroxyl groups excluding tert-OH is 1. The molecule has 0 aromatic heterocycles. The number of nitrogens with zero attached hydrogens (tertiary/aromatic N) is 2. The van der Waals surface area contributed by atoms with Gasteiger partial charge in [-0.05, 0) is 26.0 Å². The van der Waals surface area contributed by atoms with Gasteiger partial charge >= 0.3 is 0 Å². The van der Waals surface area contributed by atoms with Crippen molar-refractivity contribution in [3.8, 4) is 0 Å². The largest absolute Gasteiger partial charge is 0.402 e. The average Bonchev–Trinajstić information content (AvgIpc) is 2.26. The van der Waals surface area contributed by atoms with Crippen molar-refractivity contribution in [1.29, 1.82) is 0 Å². The quantitative estimate of drug-likeness (QED) is 0.585. The molecule has 5 heteroatoms. The van der Waals surface area contributed by atoms with E-state index in [-0.39, 0.29) is 6.10 Å². The zero-order chi connectivity index (χ0) is 12.8. The van der Waals surface area contributed by atoms with E-state index in [0.29, 0.717) is 0 Å². The maximum atomic E-state index is 9.31. The fraction of sp³-hybridized carbons (Fsp3) is 0.667. The average molecular weight is 240 g/mol. The van der Waals surface area contributed by atoms with Crippen LogP contribution in [0, 0.1) is 0 Å². The molecule has 1 rings (SSSR count). The van der Waals surface area contributed by atoms with E-state index < -0.39 is 0 Å². The number of aliphatic hydroxyl groups is 1. The van der Waals surface area contributed by atoms with Crippen LogP contribution in [0.3, 0.4) is 0 Å². The third-order valence-electron chi connectivity index (χ3n) is 2.78. The lowest BCUT2D eigenvalue weighted by Crippen LogP contribution is -2.48. The van der Waals surface area contributed by atoms with Gasteiger partial charge in [0.15, 0.2) is 0 Å². The Hall–Kier alpha value is -1.20. The first kappa shape index (κ1) is 13.9. The molecule has 1 fully saturated rings. The summed E-state index contributed by atoms with van der Waals surface area (Å²) in [7, 11) is 0. The van der Waals surface area contributed by atoms with Crippen LogP contribution in [0.4, 0.5) is 0 Å². The lowest BCUT2D eigenvalue weighted by Gasteiger charge is -2.36. The second-order valence-corrected chi connectivity index (χ2v) is 4.64. The summed E-state index contributed by atoms with van der Waals surface area (Å²) in [5, 5.41) is 9.31. The van der Waals surface area contributed by atoms with Crippen molar-refractivity contribution < 1.29 is 5.11 Å². The van der Waals surface area contributed by atoms with E-state index in [1.54, 1.807) is 0 Å². The van der Waals surface area contributed by atoms with Gasteiger partial charge in [-0.3, -0.25) is 4.90 Å². The predicted molar refractivity (Wildman–Crippen MR) is 69.9 cm³/mol. The number of hydrogen-bond donors (Lipinski definition) is 3. The van der Waals surface area contributed by atoms with E-state index in [1.807, 2.05) is 26.0 Å². The van der Waals surface area contributed by atoms with Gasteiger partial charge in [0.2, 0.25) is 0 Å². The molecule has 0 amide bonds. The molecule has 5 nitrogen and oxygen atoms in total. The second kappa shape index (κ2) is 6.51. The molecular weight excluding hydrogens is 216 g/mol. The minimum atomic E-state index is -0.266. The summed E-state index contributed by atoms with van der Waals surface area (Å²) >= 11 is 0. The van der Waals surface area contributed by atoms with Crippen LogP contribution in [0.2, 0.25) is 0 Å². The van der Waals surface area contributed by atoms with Crippen molar-refractivity contribution in [3.63, 3.8) is 0 Å². The summed E-state index contributed by atoms with van der Waals surface area (Å²) in [5.74, 6) is 0.756. The van der Waals surface area contributed by atoms with Gasteiger partial charge in [0, 0.05) is 38.4 Å². The molecule has 98 valence electrons. The van der Waals surface area contributed by atoms with Crippen molar-refractivity contribution in [2.45, 2.75) is 20.0 Å². The SMILES string of the molecule is C/C(N)=C/C=C(\N)N1CCN(CC(C)O)CC1. The molecule has 0 aromatic carbocycles. The van der Waals surface area contributed by atoms with Crippen LogP contribution in [-0.4, -0.2) is 53.7 Å². The molecule has 0 radical (unpaired) electrons. The maximum absolute atomic E-state index is 9.31. The van der Waals surface area contributed by atoms with E-state index >= 15 is 0 Å². The van der Waals surface area contributed by atoms with Gasteiger partial charge in [-0.25, -0.2) is 0 Å². The molecule has 5 N–H and O–H groups in total. The molecule has 0 bridgehead atoms. The van der Waals surface area contributed by atoms with Crippen LogP contribution in [0.1, 0.15) is 13.8 Å². The Morgan fingerprint density at radius 1 is 1.24 bits per heavy atom. The van der Waals surface area contributed by atoms with Crippen LogP contribution in [0.15, 0.2) is 23.7 Å². The van der Waals surface area contributed by atoms with Crippen LogP contribution in [0.25, 0.3) is 0 Å². The summed E-state index contributed by atoms with van der Waals surface area (Å²) < 4.78 is 0. The third-order valence-corrected chi connectivity index (χ3v) is 2.78. The second-order valence-electron chi connectivity index (χ2n) is 4.64. The predicted octanol–water partition coefficient (Wildman–Crippen LogP) is -0.353. The van der Waals surface area contributed by atoms with Crippen LogP contribution in [-0.2, 0) is 0 Å². The Kier molecular flexibility index (Phi) is 5.31. The number of nitrogens with two attached hydrogens (primary N) is 2. The molecular formula is C12H24N4O. The normalized spacial score (nSPS) is 21.7. The zero-order valence-corrected chi connectivity index (χ0v) is 10.8. The fourth-order valence-corrected chi connectivity index (χ4v) is 1.88. The van der Waals surface area contributed by atoms with Gasteiger partial charge in [0.25, 0.3) is 0 Å². The van der Waals surface area contributed by atoms with Crippen LogP contribution in [0.5, 0.6) is 0 Å². The first-order valence-electron chi connectivity index (χ1n) is 6.04. The molecule has 1 aliphatic rings. The van der Waals surface area contributed by atoms with Crippen LogP contribution < -0.4 is 11.5 Å². The van der Waals surface area contributed by atoms with Crippen molar-refractivity contribution in [2.75, 3.05) is 32.7 Å². The molecule has 1 unspecified atom stereocenters. The van der Waals surface area contributed by atoms with E-state index in [2.05, 4.69) is 9.80 Å². The van der Waals surface area contributed by atoms with Gasteiger partial charge in [0.1, 0.15) is 0 Å². The Labute approximate surface area is 103 Å². The lowest BCUT2D eigenvalue weighted by atomic mass is 10.2. The smallest absolute Gasteiger partial charge is 0.0987 e. The zero-order valence-electron chi connectivity index (χ0n) is 10.8. The lowest BCUT2D eigenvalue weighted by molar-refractivity contribution is 0.0916. The standard InChI is InChI=1S/C12H24N4O/c1-10(13)3-4-12(14)16-7-5-15(6-8-16)9-11(2)17/h3-4,11,17H,5-9,13-14H2,1-2H3/b10-3-,12-4+. The molecule has 1 heterocycles. The van der Waals surface area contributed by atoms with Gasteiger partial charge in [-0.15, -0.1) is 0 Å². The Bertz CT molecular complexity index is 287. The topological polar surface area (TPSA) is 78.8 Å². The Balaban J connectivity index is 2.41. The molecule has 17 heavy (non-hydrogen) atoms. The highest BCUT2D eigenvalue weighted by atomic mass is 16.3. The van der Waals surface area contributed by atoms with Gasteiger partial charge in [-0.1, -0.05) is 0 Å². The molecule has 1 atom stereocenters. The first-order chi connectivity index (χ1) is 7.99. The van der Waals surface area contributed by atoms with E-state index in [0.717, 1.165) is 44.2 Å². The van der Waals surface area contributed by atoms with Crippen molar-refractivity contribution in [1.82, 2.24) is 9.80 Å². The number of hydrogen-bond acceptors (Lipinski definition) is 5. The Morgan fingerprint density at radius 3 is 2.29 bits per heavy atom. The van der Waals surface area contributed by atoms with Gasteiger partial charge in [-0.2, -0.15) is 0 Å². The van der Waals surface area contributed by atoms with Crippen molar-refractivity contribution in [2.24, 2.45) is 11.5 Å². The maximum Gasteiger partial charge on any atom is 0.0987 e. The summed E-state index contributed by atoms with van der Waals surface area (Å²) in [6, 6.07) is 0. The van der Waals surface area contributed by atoms with E-state index in [1.165, 1.54) is 0 Å². The Morgan fingerprint density at radius 2 is 1.82 bits per heavy atom. The molecule has 0 spiro atoms. The van der Waals surface area contributed by atoms with E-state index in [9.17, 15) is 5.11 Å². The van der Waals surface area contributed by atoms with Gasteiger partial charge in [0.05, 0.1) is 11.9 Å². The highest BCUT2D eigenvalue weighted by Gasteiger charge is 2.17. The third kappa shape index (κ3) is 5.10. The minimum absolute atomic E-state index is 0.266. The minimum Gasteiger partial charge on any atom is -0.402 e. The molecule has 0 aliphatic carbocycles. The number of allylic oxidation sites excluding steroid dienone is 3. The summed E-state index contributed by atoms with van der Waals surface area (Å²) in [5.41, 5.74) is 12.3.